The lowest BCUT2D eigenvalue weighted by Gasteiger charge is -2.34. The van der Waals surface area contributed by atoms with Crippen LogP contribution < -0.4 is 5.32 Å². The van der Waals surface area contributed by atoms with Gasteiger partial charge in [-0.05, 0) is 36.3 Å². The van der Waals surface area contributed by atoms with Gasteiger partial charge in [0.05, 0.1) is 5.69 Å². The number of amides is 1. The standard InChI is InChI=1S/C20H26FN3OS/c1-14-9-15(2)11-24(10-14)12-17-13-26-20(22-17)23-19(25)8-7-16-5-3-4-6-18(16)21/h3-6,13-15H,7-12H2,1-2H3,(H,22,23,25). The number of rotatable bonds is 6. The normalized spacial score (nSPS) is 20.9. The van der Waals surface area contributed by atoms with Crippen molar-refractivity contribution < 1.29 is 9.18 Å². The average molecular weight is 376 g/mol. The van der Waals surface area contributed by atoms with Gasteiger partial charge >= 0.3 is 0 Å². The maximum absolute atomic E-state index is 13.6. The Hall–Kier alpha value is -1.79. The molecule has 0 radical (unpaired) electrons. The van der Waals surface area contributed by atoms with E-state index in [0.717, 1.165) is 37.2 Å². The van der Waals surface area contributed by atoms with Gasteiger partial charge in [-0.15, -0.1) is 11.3 Å². The molecule has 0 spiro atoms. The maximum Gasteiger partial charge on any atom is 0.226 e. The minimum Gasteiger partial charge on any atom is -0.302 e. The van der Waals surface area contributed by atoms with Crippen LogP contribution in [-0.4, -0.2) is 28.9 Å². The van der Waals surface area contributed by atoms with E-state index >= 15 is 0 Å². The first-order valence-electron chi connectivity index (χ1n) is 9.19. The Bertz CT molecular complexity index is 738. The molecular weight excluding hydrogens is 349 g/mol. The lowest BCUT2D eigenvalue weighted by molar-refractivity contribution is -0.116. The van der Waals surface area contributed by atoms with Crippen molar-refractivity contribution in [1.29, 1.82) is 0 Å². The van der Waals surface area contributed by atoms with Gasteiger partial charge in [0, 0.05) is 31.4 Å². The van der Waals surface area contributed by atoms with E-state index in [9.17, 15) is 9.18 Å². The molecule has 1 saturated heterocycles. The highest BCUT2D eigenvalue weighted by molar-refractivity contribution is 7.13. The van der Waals surface area contributed by atoms with Crippen LogP contribution in [0.25, 0.3) is 0 Å². The Kier molecular flexibility index (Phi) is 6.38. The average Bonchev–Trinajstić information content (AvgIpc) is 3.00. The fraction of sp³-hybridized carbons (Fsp3) is 0.500. The summed E-state index contributed by atoms with van der Waals surface area (Å²) in [6, 6.07) is 6.57. The minimum atomic E-state index is -0.262. The Balaban J connectivity index is 1.48. The zero-order chi connectivity index (χ0) is 18.5. The lowest BCUT2D eigenvalue weighted by atomic mass is 9.92. The number of nitrogens with zero attached hydrogens (tertiary/aromatic N) is 2. The van der Waals surface area contributed by atoms with E-state index in [-0.39, 0.29) is 18.1 Å². The van der Waals surface area contributed by atoms with Crippen LogP contribution in [0.15, 0.2) is 29.6 Å². The molecule has 0 bridgehead atoms. The van der Waals surface area contributed by atoms with Gasteiger partial charge in [0.15, 0.2) is 5.13 Å². The fourth-order valence-electron chi connectivity index (χ4n) is 3.72. The summed E-state index contributed by atoms with van der Waals surface area (Å²) in [5.74, 6) is 1.04. The molecule has 3 rings (SSSR count). The van der Waals surface area contributed by atoms with Crippen LogP contribution in [0.3, 0.4) is 0 Å². The Morgan fingerprint density at radius 3 is 2.77 bits per heavy atom. The number of carbonyl (C=O) groups excluding carboxylic acids is 1. The van der Waals surface area contributed by atoms with Crippen molar-refractivity contribution in [3.8, 4) is 0 Å². The molecule has 1 aromatic heterocycles. The Labute approximate surface area is 158 Å². The Morgan fingerprint density at radius 2 is 2.04 bits per heavy atom. The fourth-order valence-corrected chi connectivity index (χ4v) is 4.44. The highest BCUT2D eigenvalue weighted by Crippen LogP contribution is 2.24. The predicted octanol–water partition coefficient (Wildman–Crippen LogP) is 4.33. The first-order chi connectivity index (χ1) is 12.5. The van der Waals surface area contributed by atoms with Crippen LogP contribution >= 0.6 is 11.3 Å². The molecule has 2 atom stereocenters. The molecule has 2 heterocycles. The topological polar surface area (TPSA) is 45.2 Å². The Morgan fingerprint density at radius 1 is 1.31 bits per heavy atom. The summed E-state index contributed by atoms with van der Waals surface area (Å²) in [5.41, 5.74) is 1.57. The molecule has 0 aliphatic carbocycles. The number of aryl methyl sites for hydroxylation is 1. The van der Waals surface area contributed by atoms with Crippen molar-refractivity contribution in [3.05, 3.63) is 46.7 Å². The second kappa shape index (κ2) is 8.73. The molecule has 1 amide bonds. The van der Waals surface area contributed by atoms with E-state index in [4.69, 9.17) is 0 Å². The van der Waals surface area contributed by atoms with Crippen LogP contribution in [0.5, 0.6) is 0 Å². The second-order valence-corrected chi connectivity index (χ2v) is 8.28. The molecule has 140 valence electrons. The molecular formula is C20H26FN3OS. The molecule has 26 heavy (non-hydrogen) atoms. The molecule has 1 fully saturated rings. The molecule has 6 heteroatoms. The number of benzene rings is 1. The highest BCUT2D eigenvalue weighted by atomic mass is 32.1. The van der Waals surface area contributed by atoms with E-state index in [2.05, 4.69) is 29.0 Å². The SMILES string of the molecule is CC1CC(C)CN(Cc2csc(NC(=O)CCc3ccccc3F)n2)C1. The third-order valence-corrected chi connectivity index (χ3v) is 5.51. The summed E-state index contributed by atoms with van der Waals surface area (Å²) in [6.07, 6.45) is 1.92. The van der Waals surface area contributed by atoms with Crippen LogP contribution in [0.4, 0.5) is 9.52 Å². The van der Waals surface area contributed by atoms with Crippen molar-refractivity contribution in [2.45, 2.75) is 39.7 Å². The third kappa shape index (κ3) is 5.35. The molecule has 4 nitrogen and oxygen atoms in total. The van der Waals surface area contributed by atoms with Gasteiger partial charge in [0.25, 0.3) is 0 Å². The largest absolute Gasteiger partial charge is 0.302 e. The summed E-state index contributed by atoms with van der Waals surface area (Å²) in [5, 5.41) is 5.47. The van der Waals surface area contributed by atoms with E-state index < -0.39 is 0 Å². The molecule has 2 unspecified atom stereocenters. The van der Waals surface area contributed by atoms with Crippen molar-refractivity contribution >= 4 is 22.4 Å². The van der Waals surface area contributed by atoms with E-state index in [1.54, 1.807) is 18.2 Å². The number of aromatic nitrogens is 1. The zero-order valence-corrected chi connectivity index (χ0v) is 16.2. The number of piperidine rings is 1. The maximum atomic E-state index is 13.6. The summed E-state index contributed by atoms with van der Waals surface area (Å²) < 4.78 is 13.6. The number of hydrogen-bond donors (Lipinski definition) is 1. The predicted molar refractivity (Wildman–Crippen MR) is 104 cm³/mol. The number of carbonyl (C=O) groups is 1. The molecule has 1 aliphatic rings. The number of hydrogen-bond acceptors (Lipinski definition) is 4. The van der Waals surface area contributed by atoms with Gasteiger partial charge in [0.1, 0.15) is 5.82 Å². The minimum absolute atomic E-state index is 0.130. The van der Waals surface area contributed by atoms with Crippen molar-refractivity contribution in [2.24, 2.45) is 11.8 Å². The second-order valence-electron chi connectivity index (χ2n) is 7.42. The molecule has 1 N–H and O–H groups in total. The van der Waals surface area contributed by atoms with Crippen LogP contribution in [0.2, 0.25) is 0 Å². The lowest BCUT2D eigenvalue weighted by Crippen LogP contribution is -2.38. The summed E-state index contributed by atoms with van der Waals surface area (Å²) in [6.45, 7) is 7.63. The highest BCUT2D eigenvalue weighted by Gasteiger charge is 2.22. The molecule has 1 aliphatic heterocycles. The number of nitrogens with one attached hydrogen (secondary N) is 1. The van der Waals surface area contributed by atoms with Crippen LogP contribution in [0, 0.1) is 17.7 Å². The number of thiazole rings is 1. The quantitative estimate of drug-likeness (QED) is 0.817. The summed E-state index contributed by atoms with van der Waals surface area (Å²) in [7, 11) is 0. The van der Waals surface area contributed by atoms with E-state index in [0.29, 0.717) is 17.1 Å². The molecule has 1 aromatic carbocycles. The van der Waals surface area contributed by atoms with Crippen LogP contribution in [-0.2, 0) is 17.8 Å². The number of anilines is 1. The zero-order valence-electron chi connectivity index (χ0n) is 15.4. The number of likely N-dealkylation sites (tertiary alicyclic amines) is 1. The van der Waals surface area contributed by atoms with Crippen molar-refractivity contribution in [2.75, 3.05) is 18.4 Å². The van der Waals surface area contributed by atoms with Gasteiger partial charge in [-0.3, -0.25) is 9.69 Å². The number of halogens is 1. The van der Waals surface area contributed by atoms with E-state index in [1.165, 1.54) is 23.8 Å². The first kappa shape index (κ1) is 19.0. The molecule has 0 saturated carbocycles. The van der Waals surface area contributed by atoms with E-state index in [1.807, 2.05) is 5.38 Å². The van der Waals surface area contributed by atoms with Gasteiger partial charge in [-0.1, -0.05) is 32.0 Å². The van der Waals surface area contributed by atoms with Gasteiger partial charge in [0.2, 0.25) is 5.91 Å². The third-order valence-electron chi connectivity index (χ3n) is 4.71. The van der Waals surface area contributed by atoms with Crippen molar-refractivity contribution in [1.82, 2.24) is 9.88 Å². The molecule has 2 aromatic rings. The smallest absolute Gasteiger partial charge is 0.226 e. The van der Waals surface area contributed by atoms with Crippen molar-refractivity contribution in [3.63, 3.8) is 0 Å². The van der Waals surface area contributed by atoms with Gasteiger partial charge in [-0.2, -0.15) is 0 Å². The monoisotopic (exact) mass is 375 g/mol. The first-order valence-corrected chi connectivity index (χ1v) is 10.1. The summed E-state index contributed by atoms with van der Waals surface area (Å²) in [4.78, 5) is 19.1. The summed E-state index contributed by atoms with van der Waals surface area (Å²) >= 11 is 1.45. The van der Waals surface area contributed by atoms with Crippen LogP contribution in [0.1, 0.15) is 37.9 Å². The van der Waals surface area contributed by atoms with Gasteiger partial charge in [-0.25, -0.2) is 9.37 Å². The van der Waals surface area contributed by atoms with Gasteiger partial charge < -0.3 is 5.32 Å².